The molecule has 1 N–H and O–H groups in total. The van der Waals surface area contributed by atoms with Gasteiger partial charge < -0.3 is 5.32 Å². The lowest BCUT2D eigenvalue weighted by atomic mass is 10.0. The lowest BCUT2D eigenvalue weighted by Gasteiger charge is -2.21. The zero-order valence-electron chi connectivity index (χ0n) is 9.54. The van der Waals surface area contributed by atoms with Crippen molar-refractivity contribution < 1.29 is 0 Å². The van der Waals surface area contributed by atoms with Gasteiger partial charge in [0.1, 0.15) is 0 Å². The number of rotatable bonds is 2. The molecule has 2 heterocycles. The van der Waals surface area contributed by atoms with Gasteiger partial charge in [-0.25, -0.2) is 0 Å². The molecule has 17 heavy (non-hydrogen) atoms. The molecule has 1 spiro atoms. The lowest BCUT2D eigenvalue weighted by Crippen LogP contribution is -2.40. The van der Waals surface area contributed by atoms with Crippen molar-refractivity contribution in [2.75, 3.05) is 5.75 Å². The molecule has 2 aliphatic rings. The van der Waals surface area contributed by atoms with Crippen LogP contribution in [0.4, 0.5) is 0 Å². The highest BCUT2D eigenvalue weighted by atomic mass is 79.9. The summed E-state index contributed by atoms with van der Waals surface area (Å²) in [6, 6.07) is 4.23. The van der Waals surface area contributed by atoms with Gasteiger partial charge in [0.25, 0.3) is 0 Å². The van der Waals surface area contributed by atoms with Gasteiger partial charge in [0.2, 0.25) is 0 Å². The number of amidine groups is 1. The minimum Gasteiger partial charge on any atom is -0.359 e. The maximum atomic E-state index is 4.68. The molecule has 2 nitrogen and oxygen atoms in total. The van der Waals surface area contributed by atoms with E-state index in [9.17, 15) is 0 Å². The Morgan fingerprint density at radius 3 is 2.88 bits per heavy atom. The van der Waals surface area contributed by atoms with Crippen LogP contribution in [0.25, 0.3) is 0 Å². The van der Waals surface area contributed by atoms with Gasteiger partial charge in [0.05, 0.1) is 10.3 Å². The maximum absolute atomic E-state index is 4.68. The molecule has 1 aromatic heterocycles. The minimum atomic E-state index is 0.388. The standard InChI is InChI=1S/C12H15BrN2S2/c13-10-4-3-9(17-10)7-14-11-15-12(8-16-11)5-1-2-6-12/h3-4H,1-2,5-8H2,(H,14,15). The molecule has 3 rings (SSSR count). The largest absolute Gasteiger partial charge is 0.359 e. The second-order valence-electron chi connectivity index (χ2n) is 4.73. The van der Waals surface area contributed by atoms with Crippen LogP contribution < -0.4 is 5.32 Å². The van der Waals surface area contributed by atoms with E-state index in [1.807, 2.05) is 11.8 Å². The number of aliphatic imine (C=N–C) groups is 1. The van der Waals surface area contributed by atoms with Crippen molar-refractivity contribution in [2.45, 2.75) is 37.8 Å². The van der Waals surface area contributed by atoms with E-state index in [0.717, 1.165) is 11.7 Å². The topological polar surface area (TPSA) is 24.4 Å². The second-order valence-corrected chi connectivity index (χ2v) is 8.24. The third-order valence-corrected chi connectivity index (χ3v) is 6.24. The summed E-state index contributed by atoms with van der Waals surface area (Å²) in [6.45, 7) is 0.807. The van der Waals surface area contributed by atoms with E-state index in [-0.39, 0.29) is 0 Å². The van der Waals surface area contributed by atoms with Crippen molar-refractivity contribution in [3.8, 4) is 0 Å². The van der Waals surface area contributed by atoms with Crippen LogP contribution in [-0.4, -0.2) is 16.5 Å². The molecular weight excluding hydrogens is 316 g/mol. The molecule has 1 aromatic rings. The lowest BCUT2D eigenvalue weighted by molar-refractivity contribution is 0.452. The van der Waals surface area contributed by atoms with Gasteiger partial charge in [-0.3, -0.25) is 4.99 Å². The Labute approximate surface area is 118 Å². The molecule has 1 saturated heterocycles. The first-order valence-electron chi connectivity index (χ1n) is 5.95. The van der Waals surface area contributed by atoms with E-state index in [1.54, 1.807) is 11.3 Å². The molecule has 0 radical (unpaired) electrons. The highest BCUT2D eigenvalue weighted by Gasteiger charge is 2.39. The van der Waals surface area contributed by atoms with Crippen LogP contribution in [0.3, 0.4) is 0 Å². The van der Waals surface area contributed by atoms with Gasteiger partial charge in [-0.15, -0.1) is 11.3 Å². The summed E-state index contributed by atoms with van der Waals surface area (Å²) < 4.78 is 1.19. The van der Waals surface area contributed by atoms with Crippen LogP contribution in [0.5, 0.6) is 0 Å². The molecule has 92 valence electrons. The van der Waals surface area contributed by atoms with Gasteiger partial charge in [-0.1, -0.05) is 24.6 Å². The summed E-state index contributed by atoms with van der Waals surface area (Å²) in [5, 5.41) is 4.80. The molecule has 0 aromatic carbocycles. The van der Waals surface area contributed by atoms with Crippen LogP contribution >= 0.6 is 39.0 Å². The third kappa shape index (κ3) is 2.71. The molecule has 0 bridgehead atoms. The Morgan fingerprint density at radius 1 is 1.35 bits per heavy atom. The number of halogens is 1. The molecule has 2 fully saturated rings. The Bertz CT molecular complexity index is 435. The van der Waals surface area contributed by atoms with Crippen LogP contribution in [-0.2, 0) is 6.54 Å². The molecule has 5 heteroatoms. The van der Waals surface area contributed by atoms with Crippen molar-refractivity contribution >= 4 is 44.2 Å². The van der Waals surface area contributed by atoms with Gasteiger partial charge >= 0.3 is 0 Å². The third-order valence-electron chi connectivity index (χ3n) is 3.43. The summed E-state index contributed by atoms with van der Waals surface area (Å²) in [7, 11) is 0. The average molecular weight is 331 g/mol. The Balaban J connectivity index is 1.62. The minimum absolute atomic E-state index is 0.388. The van der Waals surface area contributed by atoms with E-state index < -0.39 is 0 Å². The smallest absolute Gasteiger partial charge is 0.157 e. The van der Waals surface area contributed by atoms with Crippen LogP contribution in [0, 0.1) is 0 Å². The van der Waals surface area contributed by atoms with E-state index in [1.165, 1.54) is 40.1 Å². The Kier molecular flexibility index (Phi) is 3.50. The molecule has 0 amide bonds. The predicted molar refractivity (Wildman–Crippen MR) is 80.0 cm³/mol. The van der Waals surface area contributed by atoms with Gasteiger partial charge in [0, 0.05) is 16.2 Å². The fourth-order valence-electron chi connectivity index (χ4n) is 2.50. The van der Waals surface area contributed by atoms with Crippen molar-refractivity contribution in [3.05, 3.63) is 20.8 Å². The fourth-order valence-corrected chi connectivity index (χ4v) is 5.12. The highest BCUT2D eigenvalue weighted by molar-refractivity contribution is 9.11. The van der Waals surface area contributed by atoms with E-state index in [4.69, 9.17) is 0 Å². The van der Waals surface area contributed by atoms with Crippen LogP contribution in [0.15, 0.2) is 20.9 Å². The number of nitrogens with one attached hydrogen (secondary N) is 1. The number of nitrogens with zero attached hydrogens (tertiary/aromatic N) is 1. The van der Waals surface area contributed by atoms with Gasteiger partial charge in [0.15, 0.2) is 5.17 Å². The molecule has 1 aliphatic heterocycles. The van der Waals surface area contributed by atoms with Gasteiger partial charge in [-0.05, 0) is 40.9 Å². The predicted octanol–water partition coefficient (Wildman–Crippen LogP) is 4.02. The zero-order chi connectivity index (χ0) is 11.7. The highest BCUT2D eigenvalue weighted by Crippen LogP contribution is 2.37. The summed E-state index contributed by atoms with van der Waals surface area (Å²) in [6.07, 6.45) is 5.39. The Morgan fingerprint density at radius 2 is 2.18 bits per heavy atom. The van der Waals surface area contributed by atoms with Crippen molar-refractivity contribution in [3.63, 3.8) is 0 Å². The molecule has 1 aliphatic carbocycles. The Hall–Kier alpha value is -0.0000000000000000833. The van der Waals surface area contributed by atoms with Crippen molar-refractivity contribution in [1.29, 1.82) is 0 Å². The van der Waals surface area contributed by atoms with E-state index in [2.05, 4.69) is 38.4 Å². The summed E-state index contributed by atoms with van der Waals surface area (Å²) in [5.41, 5.74) is 0.388. The van der Waals surface area contributed by atoms with Gasteiger partial charge in [-0.2, -0.15) is 0 Å². The summed E-state index contributed by atoms with van der Waals surface area (Å²) in [5.74, 6) is 1.21. The van der Waals surface area contributed by atoms with Crippen LogP contribution in [0.2, 0.25) is 0 Å². The summed E-state index contributed by atoms with van der Waals surface area (Å²) in [4.78, 5) is 6.00. The first kappa shape index (κ1) is 12.1. The van der Waals surface area contributed by atoms with E-state index >= 15 is 0 Å². The van der Waals surface area contributed by atoms with E-state index in [0.29, 0.717) is 5.54 Å². The average Bonchev–Trinajstić information content (AvgIpc) is 3.01. The molecule has 1 saturated carbocycles. The number of thiophene rings is 1. The van der Waals surface area contributed by atoms with Crippen molar-refractivity contribution in [1.82, 2.24) is 5.32 Å². The quantitative estimate of drug-likeness (QED) is 0.885. The first-order valence-corrected chi connectivity index (χ1v) is 8.55. The first-order chi connectivity index (χ1) is 8.26. The zero-order valence-corrected chi connectivity index (χ0v) is 12.8. The SMILES string of the molecule is Brc1ccc(CN=C2NC3(CCCC3)CS2)s1. The normalized spacial score (nSPS) is 24.6. The number of hydrogen-bond acceptors (Lipinski definition) is 3. The van der Waals surface area contributed by atoms with Crippen molar-refractivity contribution in [2.24, 2.45) is 4.99 Å². The molecule has 0 unspecified atom stereocenters. The van der Waals surface area contributed by atoms with Crippen LogP contribution in [0.1, 0.15) is 30.6 Å². The summed E-state index contributed by atoms with van der Waals surface area (Å²) >= 11 is 7.15. The molecule has 0 atom stereocenters. The fraction of sp³-hybridized carbons (Fsp3) is 0.583. The number of thioether (sulfide) groups is 1. The second kappa shape index (κ2) is 4.94. The monoisotopic (exact) mass is 330 g/mol. The molecular formula is C12H15BrN2S2. The number of hydrogen-bond donors (Lipinski definition) is 1. The maximum Gasteiger partial charge on any atom is 0.157 e.